The zero-order valence-electron chi connectivity index (χ0n) is 11.1. The molecule has 0 saturated carbocycles. The fourth-order valence-electron chi connectivity index (χ4n) is 2.45. The number of nitrogens with zero attached hydrogens (tertiary/aromatic N) is 1. The molecule has 0 radical (unpaired) electrons. The van der Waals surface area contributed by atoms with Gasteiger partial charge in [0, 0.05) is 6.54 Å². The molecule has 4 atom stereocenters. The lowest BCUT2D eigenvalue weighted by Crippen LogP contribution is -2.43. The topological polar surface area (TPSA) is 66.8 Å². The van der Waals surface area contributed by atoms with Gasteiger partial charge < -0.3 is 14.7 Å². The average molecular weight is 255 g/mol. The van der Waals surface area contributed by atoms with E-state index in [0.29, 0.717) is 0 Å². The number of ether oxygens (including phenoxy) is 1. The minimum absolute atomic E-state index is 0.0179. The molecule has 5 heteroatoms. The Hall–Kier alpha value is -1.36. The Bertz CT molecular complexity index is 342. The summed E-state index contributed by atoms with van der Waals surface area (Å²) < 4.78 is 5.62. The summed E-state index contributed by atoms with van der Waals surface area (Å²) in [6.45, 7) is 9.25. The monoisotopic (exact) mass is 255 g/mol. The number of hydrogen-bond acceptors (Lipinski definition) is 3. The van der Waals surface area contributed by atoms with Crippen molar-refractivity contribution in [2.75, 3.05) is 13.1 Å². The Morgan fingerprint density at radius 3 is 2.33 bits per heavy atom. The van der Waals surface area contributed by atoms with Crippen molar-refractivity contribution in [3.05, 3.63) is 12.7 Å². The molecule has 4 unspecified atom stereocenters. The maximum Gasteiger partial charge on any atom is 0.323 e. The summed E-state index contributed by atoms with van der Waals surface area (Å²) in [6, 6.07) is 0. The largest absolute Gasteiger partial charge is 0.480 e. The van der Waals surface area contributed by atoms with E-state index in [0.717, 1.165) is 0 Å². The van der Waals surface area contributed by atoms with Crippen molar-refractivity contribution in [1.29, 1.82) is 0 Å². The van der Waals surface area contributed by atoms with Crippen LogP contribution in [0.1, 0.15) is 20.8 Å². The highest BCUT2D eigenvalue weighted by Crippen LogP contribution is 2.33. The van der Waals surface area contributed by atoms with Gasteiger partial charge in [-0.15, -0.1) is 6.58 Å². The van der Waals surface area contributed by atoms with Gasteiger partial charge in [0.2, 0.25) is 5.91 Å². The van der Waals surface area contributed by atoms with Crippen LogP contribution in [-0.4, -0.2) is 47.2 Å². The third kappa shape index (κ3) is 3.10. The zero-order valence-corrected chi connectivity index (χ0v) is 11.1. The number of carboxylic acids is 1. The number of aliphatic carboxylic acids is 1. The van der Waals surface area contributed by atoms with Gasteiger partial charge in [-0.3, -0.25) is 9.59 Å². The summed E-state index contributed by atoms with van der Waals surface area (Å²) in [5.41, 5.74) is 0. The second-order valence-corrected chi connectivity index (χ2v) is 4.83. The predicted molar refractivity (Wildman–Crippen MR) is 67.1 cm³/mol. The van der Waals surface area contributed by atoms with Crippen molar-refractivity contribution in [1.82, 2.24) is 4.90 Å². The summed E-state index contributed by atoms with van der Waals surface area (Å²) in [4.78, 5) is 24.5. The molecule has 5 nitrogen and oxygen atoms in total. The second-order valence-electron chi connectivity index (χ2n) is 4.83. The molecular formula is C13H21NO4. The van der Waals surface area contributed by atoms with Crippen LogP contribution in [0.4, 0.5) is 0 Å². The van der Waals surface area contributed by atoms with E-state index in [1.54, 1.807) is 0 Å². The summed E-state index contributed by atoms with van der Waals surface area (Å²) >= 11 is 0. The first-order valence-electron chi connectivity index (χ1n) is 6.15. The molecule has 1 rings (SSSR count). The van der Waals surface area contributed by atoms with Crippen LogP contribution in [0.2, 0.25) is 0 Å². The van der Waals surface area contributed by atoms with E-state index >= 15 is 0 Å². The number of rotatable bonds is 5. The second kappa shape index (κ2) is 6.00. The fourth-order valence-corrected chi connectivity index (χ4v) is 2.45. The van der Waals surface area contributed by atoms with Crippen molar-refractivity contribution in [2.24, 2.45) is 11.8 Å². The first kappa shape index (κ1) is 14.7. The van der Waals surface area contributed by atoms with E-state index in [4.69, 9.17) is 9.84 Å². The van der Waals surface area contributed by atoms with Gasteiger partial charge in [-0.1, -0.05) is 13.0 Å². The van der Waals surface area contributed by atoms with Gasteiger partial charge in [-0.05, 0) is 19.8 Å². The van der Waals surface area contributed by atoms with Crippen LogP contribution in [0, 0.1) is 11.8 Å². The van der Waals surface area contributed by atoms with Crippen LogP contribution in [0.15, 0.2) is 12.7 Å². The van der Waals surface area contributed by atoms with E-state index in [1.807, 2.05) is 20.8 Å². The van der Waals surface area contributed by atoms with Crippen LogP contribution in [0.5, 0.6) is 0 Å². The average Bonchev–Trinajstić information content (AvgIpc) is 2.51. The van der Waals surface area contributed by atoms with E-state index < -0.39 is 5.97 Å². The Labute approximate surface area is 107 Å². The van der Waals surface area contributed by atoms with Gasteiger partial charge in [0.25, 0.3) is 0 Å². The van der Waals surface area contributed by atoms with E-state index in [9.17, 15) is 9.59 Å². The quantitative estimate of drug-likeness (QED) is 0.748. The van der Waals surface area contributed by atoms with Crippen LogP contribution in [0.25, 0.3) is 0 Å². The van der Waals surface area contributed by atoms with Crippen LogP contribution in [-0.2, 0) is 14.3 Å². The van der Waals surface area contributed by atoms with Crippen LogP contribution < -0.4 is 0 Å². The molecular weight excluding hydrogens is 234 g/mol. The van der Waals surface area contributed by atoms with Crippen molar-refractivity contribution >= 4 is 11.9 Å². The summed E-state index contributed by atoms with van der Waals surface area (Å²) in [5, 5.41) is 8.83. The smallest absolute Gasteiger partial charge is 0.323 e. The number of carboxylic acid groups (broad SMARTS) is 1. The molecule has 1 aliphatic heterocycles. The molecule has 1 heterocycles. The molecule has 0 aromatic heterocycles. The highest BCUT2D eigenvalue weighted by atomic mass is 16.5. The van der Waals surface area contributed by atoms with Gasteiger partial charge in [0.1, 0.15) is 6.54 Å². The molecule has 0 aromatic carbocycles. The highest BCUT2D eigenvalue weighted by Gasteiger charge is 2.43. The predicted octanol–water partition coefficient (Wildman–Crippen LogP) is 1.15. The molecule has 0 bridgehead atoms. The molecule has 1 amide bonds. The highest BCUT2D eigenvalue weighted by molar-refractivity contribution is 5.84. The first-order valence-corrected chi connectivity index (χ1v) is 6.15. The minimum atomic E-state index is -1.02. The molecule has 0 aromatic rings. The first-order chi connectivity index (χ1) is 8.38. The van der Waals surface area contributed by atoms with Gasteiger partial charge in [0.05, 0.1) is 18.1 Å². The third-order valence-electron chi connectivity index (χ3n) is 3.51. The Kier molecular flexibility index (Phi) is 4.90. The Morgan fingerprint density at radius 2 is 1.94 bits per heavy atom. The van der Waals surface area contributed by atoms with E-state index in [2.05, 4.69) is 6.58 Å². The normalized spacial score (nSPS) is 31.1. The number of carbonyl (C=O) groups is 2. The summed E-state index contributed by atoms with van der Waals surface area (Å²) in [7, 11) is 0. The molecule has 1 aliphatic rings. The molecule has 1 saturated heterocycles. The third-order valence-corrected chi connectivity index (χ3v) is 3.51. The number of hydrogen-bond donors (Lipinski definition) is 1. The van der Waals surface area contributed by atoms with E-state index in [1.165, 1.54) is 11.0 Å². The van der Waals surface area contributed by atoms with Gasteiger partial charge in [0.15, 0.2) is 0 Å². The van der Waals surface area contributed by atoms with E-state index in [-0.39, 0.29) is 43.0 Å². The van der Waals surface area contributed by atoms with Crippen LogP contribution >= 0.6 is 0 Å². The maximum absolute atomic E-state index is 12.4. The lowest BCUT2D eigenvalue weighted by molar-refractivity contribution is -0.147. The van der Waals surface area contributed by atoms with Gasteiger partial charge in [-0.25, -0.2) is 0 Å². The van der Waals surface area contributed by atoms with Crippen molar-refractivity contribution in [2.45, 2.75) is 33.0 Å². The molecule has 0 aliphatic carbocycles. The van der Waals surface area contributed by atoms with Gasteiger partial charge in [-0.2, -0.15) is 0 Å². The van der Waals surface area contributed by atoms with Gasteiger partial charge >= 0.3 is 5.97 Å². The van der Waals surface area contributed by atoms with Crippen molar-refractivity contribution < 1.29 is 19.4 Å². The molecule has 102 valence electrons. The zero-order chi connectivity index (χ0) is 13.9. The van der Waals surface area contributed by atoms with Crippen LogP contribution in [0.3, 0.4) is 0 Å². The lowest BCUT2D eigenvalue weighted by Gasteiger charge is -2.26. The fraction of sp³-hybridized carbons (Fsp3) is 0.692. The Morgan fingerprint density at radius 1 is 1.33 bits per heavy atom. The number of carbonyl (C=O) groups excluding carboxylic acids is 1. The standard InChI is InChI=1S/C13H21NO4/c1-5-6-14(7-11(15)16)13(17)12-8(2)9(3)18-10(12)4/h5,8-10,12H,1,6-7H2,2-4H3,(H,15,16). The molecule has 1 N–H and O–H groups in total. The number of amides is 1. The SMILES string of the molecule is C=CCN(CC(=O)O)C(=O)C1C(C)OC(C)C1C. The minimum Gasteiger partial charge on any atom is -0.480 e. The molecule has 1 fully saturated rings. The molecule has 18 heavy (non-hydrogen) atoms. The van der Waals surface area contributed by atoms with Crippen molar-refractivity contribution in [3.63, 3.8) is 0 Å². The Balaban J connectivity index is 2.81. The van der Waals surface area contributed by atoms with Crippen molar-refractivity contribution in [3.8, 4) is 0 Å². The summed E-state index contributed by atoms with van der Waals surface area (Å²) in [6.07, 6.45) is 1.38. The lowest BCUT2D eigenvalue weighted by atomic mass is 9.88. The molecule has 0 spiro atoms. The summed E-state index contributed by atoms with van der Waals surface area (Å²) in [5.74, 6) is -1.37. The maximum atomic E-state index is 12.4.